The van der Waals surface area contributed by atoms with Crippen molar-refractivity contribution in [3.63, 3.8) is 0 Å². The van der Waals surface area contributed by atoms with E-state index in [4.69, 9.17) is 0 Å². The number of rotatable bonds is 6. The molecule has 18 heavy (non-hydrogen) atoms. The third-order valence-electron chi connectivity index (χ3n) is 3.96. The summed E-state index contributed by atoms with van der Waals surface area (Å²) >= 11 is 0. The fourth-order valence-electron chi connectivity index (χ4n) is 2.67. The van der Waals surface area contributed by atoms with Crippen LogP contribution in [0.4, 0.5) is 0 Å². The summed E-state index contributed by atoms with van der Waals surface area (Å²) in [6.45, 7) is 8.43. The van der Waals surface area contributed by atoms with Crippen LogP contribution < -0.4 is 10.6 Å². The fraction of sp³-hybridized carbons (Fsp3) is 0.929. The first-order valence-corrected chi connectivity index (χ1v) is 7.17. The molecule has 1 rings (SSSR count). The average Bonchev–Trinajstić information content (AvgIpc) is 2.36. The van der Waals surface area contributed by atoms with E-state index in [1.165, 1.54) is 0 Å². The topological polar surface area (TPSA) is 61.4 Å². The summed E-state index contributed by atoms with van der Waals surface area (Å²) in [6.07, 6.45) is 2.98. The van der Waals surface area contributed by atoms with Gasteiger partial charge in [0.05, 0.1) is 11.5 Å². The molecule has 0 aromatic carbocycles. The molecule has 0 spiro atoms. The van der Waals surface area contributed by atoms with E-state index in [1.807, 2.05) is 0 Å². The molecule has 1 fully saturated rings. The second-order valence-corrected chi connectivity index (χ2v) is 5.88. The Balaban J connectivity index is 2.42. The van der Waals surface area contributed by atoms with Gasteiger partial charge in [-0.3, -0.25) is 4.79 Å². The second kappa shape index (κ2) is 7.10. The van der Waals surface area contributed by atoms with Crippen LogP contribution in [0.3, 0.4) is 0 Å². The number of nitrogens with one attached hydrogen (secondary N) is 2. The van der Waals surface area contributed by atoms with Crippen molar-refractivity contribution in [1.82, 2.24) is 10.6 Å². The van der Waals surface area contributed by atoms with Gasteiger partial charge in [-0.05, 0) is 44.7 Å². The van der Waals surface area contributed by atoms with Gasteiger partial charge in [0.15, 0.2) is 0 Å². The number of hydrogen-bond acceptors (Lipinski definition) is 3. The van der Waals surface area contributed by atoms with Crippen molar-refractivity contribution in [1.29, 1.82) is 0 Å². The average molecular weight is 256 g/mol. The molecule has 0 aromatic rings. The lowest BCUT2D eigenvalue weighted by molar-refractivity contribution is -0.133. The Hall–Kier alpha value is -0.610. The highest BCUT2D eigenvalue weighted by atomic mass is 16.3. The Morgan fingerprint density at radius 3 is 2.50 bits per heavy atom. The van der Waals surface area contributed by atoms with Gasteiger partial charge in [-0.1, -0.05) is 20.8 Å². The highest BCUT2D eigenvalue weighted by Gasteiger charge is 2.37. The molecule has 1 amide bonds. The molecule has 4 heteroatoms. The molecule has 0 radical (unpaired) electrons. The minimum Gasteiger partial charge on any atom is -0.391 e. The Bertz CT molecular complexity index is 261. The van der Waals surface area contributed by atoms with Gasteiger partial charge in [0, 0.05) is 6.54 Å². The van der Waals surface area contributed by atoms with E-state index < -0.39 is 6.10 Å². The van der Waals surface area contributed by atoms with Crippen LogP contribution >= 0.6 is 0 Å². The van der Waals surface area contributed by atoms with Crippen LogP contribution in [0.1, 0.15) is 46.5 Å². The molecule has 3 N–H and O–H groups in total. The number of carbonyl (C=O) groups is 1. The number of piperidine rings is 1. The van der Waals surface area contributed by atoms with Crippen LogP contribution in [-0.4, -0.2) is 36.8 Å². The maximum Gasteiger partial charge on any atom is 0.226 e. The van der Waals surface area contributed by atoms with Gasteiger partial charge in [0.1, 0.15) is 0 Å². The van der Waals surface area contributed by atoms with Crippen molar-refractivity contribution in [3.05, 3.63) is 0 Å². The van der Waals surface area contributed by atoms with Gasteiger partial charge < -0.3 is 15.7 Å². The Morgan fingerprint density at radius 1 is 1.39 bits per heavy atom. The van der Waals surface area contributed by atoms with Gasteiger partial charge in [0.2, 0.25) is 5.91 Å². The zero-order valence-corrected chi connectivity index (χ0v) is 12.0. The summed E-state index contributed by atoms with van der Waals surface area (Å²) in [7, 11) is 0. The molecule has 1 atom stereocenters. The minimum atomic E-state index is -0.426. The third-order valence-corrected chi connectivity index (χ3v) is 3.96. The summed E-state index contributed by atoms with van der Waals surface area (Å²) in [5.41, 5.74) is -0.219. The second-order valence-electron chi connectivity index (χ2n) is 5.88. The lowest BCUT2D eigenvalue weighted by Crippen LogP contribution is -2.48. The van der Waals surface area contributed by atoms with E-state index in [2.05, 4.69) is 31.4 Å². The Morgan fingerprint density at radius 2 is 2.00 bits per heavy atom. The number of carbonyl (C=O) groups excluding carboxylic acids is 1. The van der Waals surface area contributed by atoms with Crippen LogP contribution in [-0.2, 0) is 4.79 Å². The summed E-state index contributed by atoms with van der Waals surface area (Å²) in [5.74, 6) is 0.574. The van der Waals surface area contributed by atoms with Crippen LogP contribution in [0.15, 0.2) is 0 Å². The van der Waals surface area contributed by atoms with E-state index in [0.29, 0.717) is 12.5 Å². The van der Waals surface area contributed by atoms with Crippen molar-refractivity contribution in [2.75, 3.05) is 19.6 Å². The molecule has 0 bridgehead atoms. The molecule has 1 aliphatic heterocycles. The van der Waals surface area contributed by atoms with Crippen LogP contribution in [0.5, 0.6) is 0 Å². The first kappa shape index (κ1) is 15.4. The quantitative estimate of drug-likeness (QED) is 0.671. The van der Waals surface area contributed by atoms with Crippen LogP contribution in [0.25, 0.3) is 0 Å². The van der Waals surface area contributed by atoms with Gasteiger partial charge in [-0.15, -0.1) is 0 Å². The number of hydrogen-bond donors (Lipinski definition) is 3. The summed E-state index contributed by atoms with van der Waals surface area (Å²) in [5, 5.41) is 16.0. The third kappa shape index (κ3) is 4.25. The summed E-state index contributed by atoms with van der Waals surface area (Å²) < 4.78 is 0. The van der Waals surface area contributed by atoms with E-state index in [1.54, 1.807) is 0 Å². The zero-order valence-electron chi connectivity index (χ0n) is 12.0. The van der Waals surface area contributed by atoms with Gasteiger partial charge in [-0.2, -0.15) is 0 Å². The predicted molar refractivity (Wildman–Crippen MR) is 73.3 cm³/mol. The SMILES string of the molecule is CCC1(C(=O)NCC(O)CC(C)C)CCNCC1. The zero-order chi connectivity index (χ0) is 13.6. The molecule has 0 aliphatic carbocycles. The molecule has 0 saturated carbocycles. The molecule has 1 unspecified atom stereocenters. The molecule has 4 nitrogen and oxygen atoms in total. The molecule has 0 aromatic heterocycles. The predicted octanol–water partition coefficient (Wildman–Crippen LogP) is 1.29. The fourth-order valence-corrected chi connectivity index (χ4v) is 2.67. The highest BCUT2D eigenvalue weighted by molar-refractivity contribution is 5.82. The van der Waals surface area contributed by atoms with Gasteiger partial charge in [-0.25, -0.2) is 0 Å². The Labute approximate surface area is 111 Å². The lowest BCUT2D eigenvalue weighted by atomic mass is 9.76. The van der Waals surface area contributed by atoms with Gasteiger partial charge >= 0.3 is 0 Å². The summed E-state index contributed by atoms with van der Waals surface area (Å²) in [4.78, 5) is 12.3. The van der Waals surface area contributed by atoms with E-state index >= 15 is 0 Å². The van der Waals surface area contributed by atoms with Crippen molar-refractivity contribution < 1.29 is 9.90 Å². The largest absolute Gasteiger partial charge is 0.391 e. The normalized spacial score (nSPS) is 20.7. The number of amides is 1. The Kier molecular flexibility index (Phi) is 6.09. The number of aliphatic hydroxyl groups is 1. The van der Waals surface area contributed by atoms with Crippen molar-refractivity contribution in [3.8, 4) is 0 Å². The number of aliphatic hydroxyl groups excluding tert-OH is 1. The highest BCUT2D eigenvalue weighted by Crippen LogP contribution is 2.32. The standard InChI is InChI=1S/C14H28N2O2/c1-4-14(5-7-15-8-6-14)13(18)16-10-12(17)9-11(2)3/h11-12,15,17H,4-10H2,1-3H3,(H,16,18). The lowest BCUT2D eigenvalue weighted by Gasteiger charge is -2.35. The molecule has 1 saturated heterocycles. The van der Waals surface area contributed by atoms with Crippen molar-refractivity contribution in [2.45, 2.75) is 52.6 Å². The van der Waals surface area contributed by atoms with E-state index in [9.17, 15) is 9.90 Å². The van der Waals surface area contributed by atoms with Crippen molar-refractivity contribution >= 4 is 5.91 Å². The minimum absolute atomic E-state index is 0.120. The molecule has 106 valence electrons. The first-order valence-electron chi connectivity index (χ1n) is 7.17. The first-order chi connectivity index (χ1) is 8.50. The summed E-state index contributed by atoms with van der Waals surface area (Å²) in [6, 6.07) is 0. The molecular weight excluding hydrogens is 228 g/mol. The molecule has 1 aliphatic rings. The van der Waals surface area contributed by atoms with E-state index in [0.717, 1.165) is 38.8 Å². The van der Waals surface area contributed by atoms with Crippen LogP contribution in [0, 0.1) is 11.3 Å². The molecular formula is C14H28N2O2. The van der Waals surface area contributed by atoms with Crippen LogP contribution in [0.2, 0.25) is 0 Å². The smallest absolute Gasteiger partial charge is 0.226 e. The maximum atomic E-state index is 12.3. The monoisotopic (exact) mass is 256 g/mol. The van der Waals surface area contributed by atoms with Gasteiger partial charge in [0.25, 0.3) is 0 Å². The maximum absolute atomic E-state index is 12.3. The van der Waals surface area contributed by atoms with Crippen molar-refractivity contribution in [2.24, 2.45) is 11.3 Å². The molecule has 1 heterocycles. The van der Waals surface area contributed by atoms with E-state index in [-0.39, 0.29) is 11.3 Å².